The largest absolute Gasteiger partial charge is 0.496 e. The second kappa shape index (κ2) is 6.45. The van der Waals surface area contributed by atoms with Gasteiger partial charge in [0, 0.05) is 5.56 Å². The molecule has 0 radical (unpaired) electrons. The number of hydrogen-bond acceptors (Lipinski definition) is 6. The number of ether oxygens (including phenoxy) is 2. The molecule has 1 aromatic carbocycles. The molecule has 9 heteroatoms. The van der Waals surface area contributed by atoms with E-state index in [1.807, 2.05) is 17.6 Å². The predicted octanol–water partition coefficient (Wildman–Crippen LogP) is 3.20. The topological polar surface area (TPSA) is 88.1 Å². The molecule has 0 bridgehead atoms. The maximum atomic E-state index is 6.07. The van der Waals surface area contributed by atoms with E-state index in [2.05, 4.69) is 30.9 Å². The van der Waals surface area contributed by atoms with Gasteiger partial charge in [-0.3, -0.25) is 0 Å². The first kappa shape index (κ1) is 16.8. The molecule has 0 fully saturated rings. The molecular weight excluding hydrogens is 398 g/mol. The summed E-state index contributed by atoms with van der Waals surface area (Å²) in [6.45, 7) is 2.42. The quantitative estimate of drug-likeness (QED) is 0.662. The van der Waals surface area contributed by atoms with Crippen molar-refractivity contribution in [3.05, 3.63) is 33.1 Å². The average molecular weight is 413 g/mol. The van der Waals surface area contributed by atoms with Crippen molar-refractivity contribution in [2.75, 3.05) is 20.0 Å². The van der Waals surface area contributed by atoms with Crippen LogP contribution in [-0.4, -0.2) is 33.7 Å². The molecular formula is C15H15BrClN5O2. The minimum absolute atomic E-state index is 0.104. The van der Waals surface area contributed by atoms with Crippen molar-refractivity contribution < 1.29 is 9.47 Å². The van der Waals surface area contributed by atoms with Crippen LogP contribution in [0.25, 0.3) is 11.2 Å². The van der Waals surface area contributed by atoms with Gasteiger partial charge in [-0.2, -0.15) is 9.97 Å². The summed E-state index contributed by atoms with van der Waals surface area (Å²) >= 11 is 9.67. The summed E-state index contributed by atoms with van der Waals surface area (Å²) in [6.07, 6.45) is 1.65. The van der Waals surface area contributed by atoms with Crippen molar-refractivity contribution in [3.63, 3.8) is 0 Å². The normalized spacial score (nSPS) is 11.0. The Labute approximate surface area is 151 Å². The molecule has 0 amide bonds. The van der Waals surface area contributed by atoms with Crippen LogP contribution in [0.4, 0.5) is 5.95 Å². The highest BCUT2D eigenvalue weighted by Crippen LogP contribution is 2.38. The molecule has 3 rings (SSSR count). The van der Waals surface area contributed by atoms with Gasteiger partial charge in [-0.15, -0.1) is 0 Å². The SMILES string of the molecule is COc1cc(Cn2cnc3c(Cl)nc(N)nc32)c(Br)c(OC)c1C. The summed E-state index contributed by atoms with van der Waals surface area (Å²) in [7, 11) is 3.25. The molecule has 2 heterocycles. The Morgan fingerprint density at radius 3 is 2.71 bits per heavy atom. The van der Waals surface area contributed by atoms with E-state index in [9.17, 15) is 0 Å². The highest BCUT2D eigenvalue weighted by molar-refractivity contribution is 9.10. The van der Waals surface area contributed by atoms with Crippen molar-refractivity contribution >= 4 is 44.6 Å². The lowest BCUT2D eigenvalue weighted by Gasteiger charge is -2.16. The molecule has 0 unspecified atom stereocenters. The number of halogens is 2. The van der Waals surface area contributed by atoms with E-state index in [1.54, 1.807) is 20.5 Å². The zero-order chi connectivity index (χ0) is 17.4. The highest BCUT2D eigenvalue weighted by atomic mass is 79.9. The molecule has 0 saturated heterocycles. The van der Waals surface area contributed by atoms with Gasteiger partial charge in [0.25, 0.3) is 0 Å². The lowest BCUT2D eigenvalue weighted by Crippen LogP contribution is -2.05. The monoisotopic (exact) mass is 411 g/mol. The number of methoxy groups -OCH3 is 2. The van der Waals surface area contributed by atoms with Crippen LogP contribution in [0.15, 0.2) is 16.9 Å². The smallest absolute Gasteiger partial charge is 0.223 e. The van der Waals surface area contributed by atoms with E-state index in [0.29, 0.717) is 17.7 Å². The third kappa shape index (κ3) is 2.76. The lowest BCUT2D eigenvalue weighted by atomic mass is 10.1. The molecule has 2 aromatic heterocycles. The minimum atomic E-state index is 0.104. The number of hydrogen-bond donors (Lipinski definition) is 1. The third-order valence-electron chi connectivity index (χ3n) is 3.70. The molecule has 2 N–H and O–H groups in total. The number of fused-ring (bicyclic) bond motifs is 1. The first-order chi connectivity index (χ1) is 11.5. The van der Waals surface area contributed by atoms with Gasteiger partial charge in [-0.05, 0) is 34.5 Å². The van der Waals surface area contributed by atoms with Crippen LogP contribution in [-0.2, 0) is 6.54 Å². The third-order valence-corrected chi connectivity index (χ3v) is 4.83. The van der Waals surface area contributed by atoms with E-state index in [4.69, 9.17) is 26.8 Å². The Morgan fingerprint density at radius 2 is 2.04 bits per heavy atom. The number of nitrogens with two attached hydrogens (primary N) is 1. The standard InChI is InChI=1S/C15H15BrClN5O2/c1-7-9(23-2)4-8(10(16)12(7)24-3)5-22-6-19-11-13(17)20-15(18)21-14(11)22/h4,6H,5H2,1-3H3,(H2,18,20,21). The zero-order valence-corrected chi connectivity index (χ0v) is 15.6. The predicted molar refractivity (Wildman–Crippen MR) is 95.8 cm³/mol. The highest BCUT2D eigenvalue weighted by Gasteiger charge is 2.17. The molecule has 7 nitrogen and oxygen atoms in total. The maximum absolute atomic E-state index is 6.07. The van der Waals surface area contributed by atoms with E-state index < -0.39 is 0 Å². The Hall–Kier alpha value is -2.06. The van der Waals surface area contributed by atoms with Crippen molar-refractivity contribution in [1.82, 2.24) is 19.5 Å². The lowest BCUT2D eigenvalue weighted by molar-refractivity contribution is 0.385. The second-order valence-corrected chi connectivity index (χ2v) is 6.28. The maximum Gasteiger partial charge on any atom is 0.223 e. The molecule has 0 aliphatic heterocycles. The summed E-state index contributed by atoms with van der Waals surface area (Å²) in [5, 5.41) is 0.231. The van der Waals surface area contributed by atoms with Crippen molar-refractivity contribution in [3.8, 4) is 11.5 Å². The van der Waals surface area contributed by atoms with Gasteiger partial charge in [0.2, 0.25) is 5.95 Å². The molecule has 126 valence electrons. The van der Waals surface area contributed by atoms with Gasteiger partial charge in [-0.25, -0.2) is 4.98 Å². The van der Waals surface area contributed by atoms with E-state index in [0.717, 1.165) is 27.1 Å². The van der Waals surface area contributed by atoms with Gasteiger partial charge in [0.05, 0.1) is 31.6 Å². The molecule has 0 atom stereocenters. The van der Waals surface area contributed by atoms with Crippen LogP contribution in [0.3, 0.4) is 0 Å². The Morgan fingerprint density at radius 1 is 1.29 bits per heavy atom. The summed E-state index contributed by atoms with van der Waals surface area (Å²) in [5.41, 5.74) is 8.63. The summed E-state index contributed by atoms with van der Waals surface area (Å²) in [5.74, 6) is 1.56. The fraction of sp³-hybridized carbons (Fsp3) is 0.267. The van der Waals surface area contributed by atoms with Gasteiger partial charge in [0.15, 0.2) is 10.8 Å². The molecule has 0 aliphatic rings. The van der Waals surface area contributed by atoms with Gasteiger partial charge < -0.3 is 19.8 Å². The summed E-state index contributed by atoms with van der Waals surface area (Å²) in [6, 6.07) is 1.94. The fourth-order valence-electron chi connectivity index (χ4n) is 2.55. The Balaban J connectivity index is 2.12. The van der Waals surface area contributed by atoms with Gasteiger partial charge in [0.1, 0.15) is 17.0 Å². The number of rotatable bonds is 4. The number of anilines is 1. The van der Waals surface area contributed by atoms with E-state index in [1.165, 1.54) is 0 Å². The number of benzene rings is 1. The van der Waals surface area contributed by atoms with Crippen LogP contribution in [0.5, 0.6) is 11.5 Å². The minimum Gasteiger partial charge on any atom is -0.496 e. The number of nitrogen functional groups attached to an aromatic ring is 1. The van der Waals surface area contributed by atoms with Crippen molar-refractivity contribution in [2.45, 2.75) is 13.5 Å². The molecule has 0 aliphatic carbocycles. The number of nitrogens with zero attached hydrogens (tertiary/aromatic N) is 4. The van der Waals surface area contributed by atoms with Crippen molar-refractivity contribution in [1.29, 1.82) is 0 Å². The van der Waals surface area contributed by atoms with E-state index in [-0.39, 0.29) is 11.1 Å². The van der Waals surface area contributed by atoms with E-state index >= 15 is 0 Å². The molecule has 3 aromatic rings. The summed E-state index contributed by atoms with van der Waals surface area (Å²) in [4.78, 5) is 12.4. The first-order valence-electron chi connectivity index (χ1n) is 7.00. The molecule has 0 saturated carbocycles. The van der Waals surface area contributed by atoms with Gasteiger partial charge in [-0.1, -0.05) is 11.6 Å². The number of imidazole rings is 1. The van der Waals surface area contributed by atoms with Crippen LogP contribution < -0.4 is 15.2 Å². The first-order valence-corrected chi connectivity index (χ1v) is 8.17. The van der Waals surface area contributed by atoms with Crippen LogP contribution in [0, 0.1) is 6.92 Å². The molecule has 24 heavy (non-hydrogen) atoms. The van der Waals surface area contributed by atoms with Crippen molar-refractivity contribution in [2.24, 2.45) is 0 Å². The zero-order valence-electron chi connectivity index (χ0n) is 13.3. The van der Waals surface area contributed by atoms with Gasteiger partial charge >= 0.3 is 0 Å². The molecule has 0 spiro atoms. The van der Waals surface area contributed by atoms with Crippen LogP contribution in [0.1, 0.15) is 11.1 Å². The second-order valence-electron chi connectivity index (χ2n) is 5.13. The number of aromatic nitrogens is 4. The Bertz CT molecular complexity index is 928. The summed E-state index contributed by atoms with van der Waals surface area (Å²) < 4.78 is 13.6. The average Bonchev–Trinajstić information content (AvgIpc) is 2.93. The van der Waals surface area contributed by atoms with Crippen LogP contribution >= 0.6 is 27.5 Å². The Kier molecular flexibility index (Phi) is 4.51. The van der Waals surface area contributed by atoms with Crippen LogP contribution in [0.2, 0.25) is 5.15 Å². The fourth-order valence-corrected chi connectivity index (χ4v) is 3.47.